The molecule has 2 nitrogen and oxygen atoms in total. The first-order chi connectivity index (χ1) is 7.33. The highest BCUT2D eigenvalue weighted by atomic mass is 32.2. The summed E-state index contributed by atoms with van der Waals surface area (Å²) in [7, 11) is 0. The van der Waals surface area contributed by atoms with Crippen molar-refractivity contribution >= 4 is 17.8 Å². The molecule has 0 spiro atoms. The van der Waals surface area contributed by atoms with Crippen LogP contribution in [0.3, 0.4) is 0 Å². The van der Waals surface area contributed by atoms with E-state index in [0.717, 1.165) is 5.75 Å². The maximum Gasteiger partial charge on any atom is 0.0861 e. The van der Waals surface area contributed by atoms with Crippen molar-refractivity contribution in [2.24, 2.45) is 0 Å². The molecule has 0 fully saturated rings. The molecule has 0 aliphatic carbocycles. The SMILES string of the molecule is OC[C@H](O)CSC/C=C\c1ccccc1. The summed E-state index contributed by atoms with van der Waals surface area (Å²) in [6.07, 6.45) is 3.52. The smallest absolute Gasteiger partial charge is 0.0861 e. The van der Waals surface area contributed by atoms with Crippen molar-refractivity contribution in [3.8, 4) is 0 Å². The first-order valence-electron chi connectivity index (χ1n) is 4.91. The molecule has 0 saturated heterocycles. The Balaban J connectivity index is 2.18. The van der Waals surface area contributed by atoms with E-state index in [1.165, 1.54) is 5.56 Å². The summed E-state index contributed by atoms with van der Waals surface area (Å²) in [5, 5.41) is 17.7. The Morgan fingerprint density at radius 3 is 2.67 bits per heavy atom. The molecule has 1 aromatic rings. The summed E-state index contributed by atoms with van der Waals surface area (Å²) in [4.78, 5) is 0. The molecular formula is C12H16O2S. The second-order valence-electron chi connectivity index (χ2n) is 3.19. The van der Waals surface area contributed by atoms with Crippen LogP contribution in [-0.2, 0) is 0 Å². The Bertz CT molecular complexity index is 285. The zero-order valence-electron chi connectivity index (χ0n) is 8.54. The molecule has 1 rings (SSSR count). The van der Waals surface area contributed by atoms with E-state index in [1.807, 2.05) is 30.3 Å². The van der Waals surface area contributed by atoms with Crippen molar-refractivity contribution in [2.75, 3.05) is 18.1 Å². The lowest BCUT2D eigenvalue weighted by atomic mass is 10.2. The number of benzene rings is 1. The van der Waals surface area contributed by atoms with E-state index in [2.05, 4.69) is 12.2 Å². The number of thioether (sulfide) groups is 1. The molecule has 0 amide bonds. The minimum Gasteiger partial charge on any atom is -0.394 e. The van der Waals surface area contributed by atoms with Crippen LogP contribution in [0.25, 0.3) is 6.08 Å². The molecule has 0 radical (unpaired) electrons. The average molecular weight is 224 g/mol. The van der Waals surface area contributed by atoms with Gasteiger partial charge in [0.05, 0.1) is 12.7 Å². The molecule has 0 unspecified atom stereocenters. The van der Waals surface area contributed by atoms with Crippen LogP contribution in [0.15, 0.2) is 36.4 Å². The maximum absolute atomic E-state index is 9.08. The molecule has 1 atom stereocenters. The fourth-order valence-corrected chi connectivity index (χ4v) is 1.82. The van der Waals surface area contributed by atoms with Gasteiger partial charge >= 0.3 is 0 Å². The highest BCUT2D eigenvalue weighted by molar-refractivity contribution is 7.99. The van der Waals surface area contributed by atoms with Crippen LogP contribution < -0.4 is 0 Å². The van der Waals surface area contributed by atoms with E-state index in [-0.39, 0.29) is 6.61 Å². The third kappa shape index (κ3) is 5.62. The van der Waals surface area contributed by atoms with Crippen LogP contribution in [0.5, 0.6) is 0 Å². The number of aliphatic hydroxyl groups excluding tert-OH is 2. The van der Waals surface area contributed by atoms with Crippen LogP contribution in [-0.4, -0.2) is 34.4 Å². The van der Waals surface area contributed by atoms with Gasteiger partial charge in [-0.15, -0.1) is 0 Å². The molecule has 3 heteroatoms. The van der Waals surface area contributed by atoms with Crippen molar-refractivity contribution in [3.63, 3.8) is 0 Å². The molecule has 0 aromatic heterocycles. The van der Waals surface area contributed by atoms with Crippen molar-refractivity contribution in [1.29, 1.82) is 0 Å². The molecular weight excluding hydrogens is 208 g/mol. The summed E-state index contributed by atoms with van der Waals surface area (Å²) in [5.74, 6) is 1.43. The molecule has 0 saturated carbocycles. The zero-order chi connectivity index (χ0) is 10.9. The first kappa shape index (κ1) is 12.3. The topological polar surface area (TPSA) is 40.5 Å². The molecule has 15 heavy (non-hydrogen) atoms. The summed E-state index contributed by atoms with van der Waals surface area (Å²) in [6, 6.07) is 10.1. The van der Waals surface area contributed by atoms with Crippen LogP contribution in [0.4, 0.5) is 0 Å². The summed E-state index contributed by atoms with van der Waals surface area (Å²) in [5.41, 5.74) is 1.18. The molecule has 2 N–H and O–H groups in total. The van der Waals surface area contributed by atoms with Gasteiger partial charge in [-0.1, -0.05) is 42.5 Å². The maximum atomic E-state index is 9.08. The first-order valence-corrected chi connectivity index (χ1v) is 6.06. The predicted octanol–water partition coefficient (Wildman–Crippen LogP) is 1.79. The molecule has 0 heterocycles. The predicted molar refractivity (Wildman–Crippen MR) is 65.9 cm³/mol. The highest BCUT2D eigenvalue weighted by Crippen LogP contribution is 2.06. The standard InChI is InChI=1S/C12H16O2S/c13-9-12(14)10-15-8-4-7-11-5-2-1-3-6-11/h1-7,12-14H,8-10H2/b7-4-/t12-/m0/s1. The van der Waals surface area contributed by atoms with Gasteiger partial charge in [0.1, 0.15) is 0 Å². The van der Waals surface area contributed by atoms with Gasteiger partial charge in [-0.05, 0) is 5.56 Å². The van der Waals surface area contributed by atoms with E-state index < -0.39 is 6.10 Å². The zero-order valence-corrected chi connectivity index (χ0v) is 9.36. The summed E-state index contributed by atoms with van der Waals surface area (Å²) in [6.45, 7) is -0.157. The Labute approximate surface area is 94.6 Å². The van der Waals surface area contributed by atoms with Gasteiger partial charge in [0.2, 0.25) is 0 Å². The second-order valence-corrected chi connectivity index (χ2v) is 4.26. The van der Waals surface area contributed by atoms with Crippen LogP contribution >= 0.6 is 11.8 Å². The molecule has 0 bridgehead atoms. The van der Waals surface area contributed by atoms with Crippen molar-refractivity contribution in [1.82, 2.24) is 0 Å². The number of rotatable bonds is 6. The van der Waals surface area contributed by atoms with E-state index in [4.69, 9.17) is 10.2 Å². The van der Waals surface area contributed by atoms with Crippen molar-refractivity contribution in [3.05, 3.63) is 42.0 Å². The van der Waals surface area contributed by atoms with Gasteiger partial charge in [-0.2, -0.15) is 11.8 Å². The van der Waals surface area contributed by atoms with Gasteiger partial charge in [-0.25, -0.2) is 0 Å². The van der Waals surface area contributed by atoms with Crippen molar-refractivity contribution < 1.29 is 10.2 Å². The van der Waals surface area contributed by atoms with E-state index >= 15 is 0 Å². The third-order valence-electron chi connectivity index (χ3n) is 1.84. The second kappa shape index (κ2) is 7.51. The minimum absolute atomic E-state index is 0.157. The van der Waals surface area contributed by atoms with Gasteiger partial charge in [0, 0.05) is 11.5 Å². The van der Waals surface area contributed by atoms with Gasteiger partial charge in [0.15, 0.2) is 0 Å². The van der Waals surface area contributed by atoms with Crippen LogP contribution in [0.2, 0.25) is 0 Å². The largest absolute Gasteiger partial charge is 0.394 e. The molecule has 0 aliphatic heterocycles. The van der Waals surface area contributed by atoms with Gasteiger partial charge in [0.25, 0.3) is 0 Å². The van der Waals surface area contributed by atoms with Gasteiger partial charge in [-0.3, -0.25) is 0 Å². The van der Waals surface area contributed by atoms with Crippen molar-refractivity contribution in [2.45, 2.75) is 6.10 Å². The average Bonchev–Trinajstić information content (AvgIpc) is 2.29. The summed E-state index contributed by atoms with van der Waals surface area (Å²) >= 11 is 1.61. The quantitative estimate of drug-likeness (QED) is 0.724. The lowest BCUT2D eigenvalue weighted by Crippen LogP contribution is -2.14. The Hall–Kier alpha value is -0.770. The normalized spacial score (nSPS) is 13.2. The number of aliphatic hydroxyl groups is 2. The van der Waals surface area contributed by atoms with Crippen LogP contribution in [0.1, 0.15) is 5.56 Å². The lowest BCUT2D eigenvalue weighted by molar-refractivity contribution is 0.113. The van der Waals surface area contributed by atoms with E-state index in [0.29, 0.717) is 5.75 Å². The third-order valence-corrected chi connectivity index (χ3v) is 2.89. The lowest BCUT2D eigenvalue weighted by Gasteiger charge is -2.03. The fraction of sp³-hybridized carbons (Fsp3) is 0.333. The minimum atomic E-state index is -0.597. The Morgan fingerprint density at radius 2 is 2.00 bits per heavy atom. The summed E-state index contributed by atoms with van der Waals surface area (Å²) < 4.78 is 0. The monoisotopic (exact) mass is 224 g/mol. The van der Waals surface area contributed by atoms with E-state index in [9.17, 15) is 0 Å². The number of hydrogen-bond acceptors (Lipinski definition) is 3. The molecule has 82 valence electrons. The van der Waals surface area contributed by atoms with E-state index in [1.54, 1.807) is 11.8 Å². The Morgan fingerprint density at radius 1 is 1.27 bits per heavy atom. The number of hydrogen-bond donors (Lipinski definition) is 2. The fourth-order valence-electron chi connectivity index (χ4n) is 1.07. The molecule has 1 aromatic carbocycles. The highest BCUT2D eigenvalue weighted by Gasteiger charge is 1.99. The Kier molecular flexibility index (Phi) is 6.16. The molecule has 0 aliphatic rings. The van der Waals surface area contributed by atoms with Gasteiger partial charge < -0.3 is 10.2 Å². The van der Waals surface area contributed by atoms with Crippen LogP contribution in [0, 0.1) is 0 Å².